The molecule has 1 aliphatic heterocycles. The predicted octanol–water partition coefficient (Wildman–Crippen LogP) is 0.586. The van der Waals surface area contributed by atoms with Crippen LogP contribution in [0.3, 0.4) is 0 Å². The zero-order valence-electron chi connectivity index (χ0n) is 7.08. The predicted molar refractivity (Wildman–Crippen MR) is 49.1 cm³/mol. The van der Waals surface area contributed by atoms with E-state index in [0.717, 1.165) is 19.3 Å². The molecule has 0 aromatic heterocycles. The van der Waals surface area contributed by atoms with Crippen LogP contribution in [-0.2, 0) is 9.59 Å². The van der Waals surface area contributed by atoms with Crippen molar-refractivity contribution in [3.8, 4) is 0 Å². The maximum absolute atomic E-state index is 10.7. The summed E-state index contributed by atoms with van der Waals surface area (Å²) in [6.45, 7) is 2.45. The van der Waals surface area contributed by atoms with Gasteiger partial charge in [-0.05, 0) is 13.3 Å². The molecule has 0 aromatic carbocycles. The molecule has 3 nitrogen and oxygen atoms in total. The van der Waals surface area contributed by atoms with E-state index in [-0.39, 0.29) is 11.2 Å². The highest BCUT2D eigenvalue weighted by Gasteiger charge is 2.23. The Morgan fingerprint density at radius 3 is 3.00 bits per heavy atom. The zero-order valence-corrected chi connectivity index (χ0v) is 7.89. The van der Waals surface area contributed by atoms with Gasteiger partial charge >= 0.3 is 0 Å². The van der Waals surface area contributed by atoms with E-state index in [1.165, 1.54) is 0 Å². The lowest BCUT2D eigenvalue weighted by Crippen LogP contribution is -2.21. The van der Waals surface area contributed by atoms with E-state index in [1.807, 2.05) is 0 Å². The topological polar surface area (TPSA) is 46.2 Å². The highest BCUT2D eigenvalue weighted by atomic mass is 32.2. The van der Waals surface area contributed by atoms with E-state index in [9.17, 15) is 9.59 Å². The number of aldehydes is 1. The first-order chi connectivity index (χ1) is 5.72. The van der Waals surface area contributed by atoms with E-state index in [0.29, 0.717) is 11.7 Å². The normalized spacial score (nSPS) is 28.8. The smallest absolute Gasteiger partial charge is 0.147 e. The number of ketones is 1. The fourth-order valence-electron chi connectivity index (χ4n) is 1.17. The van der Waals surface area contributed by atoms with Gasteiger partial charge in [0.1, 0.15) is 17.4 Å². The first-order valence-corrected chi connectivity index (χ1v) is 5.00. The van der Waals surface area contributed by atoms with Crippen LogP contribution in [0.1, 0.15) is 19.8 Å². The molecule has 1 heterocycles. The molecule has 12 heavy (non-hydrogen) atoms. The van der Waals surface area contributed by atoms with Crippen LogP contribution in [0.4, 0.5) is 0 Å². The number of carbonyl (C=O) groups is 2. The van der Waals surface area contributed by atoms with Crippen molar-refractivity contribution < 1.29 is 9.59 Å². The van der Waals surface area contributed by atoms with Gasteiger partial charge < -0.3 is 9.59 Å². The van der Waals surface area contributed by atoms with Gasteiger partial charge in [-0.15, -0.1) is 11.8 Å². The third kappa shape index (κ3) is 2.95. The molecule has 1 N–H and O–H groups in total. The number of nitrogens with one attached hydrogen (secondary N) is 1. The second-order valence-electron chi connectivity index (χ2n) is 2.96. The number of hydrogen-bond donors (Lipinski definition) is 1. The summed E-state index contributed by atoms with van der Waals surface area (Å²) in [6, 6.07) is 0. The van der Waals surface area contributed by atoms with Crippen molar-refractivity contribution in [2.75, 3.05) is 6.54 Å². The Morgan fingerprint density at radius 1 is 1.75 bits per heavy atom. The van der Waals surface area contributed by atoms with Gasteiger partial charge in [0.05, 0.1) is 0 Å². The van der Waals surface area contributed by atoms with Crippen LogP contribution in [-0.4, -0.2) is 29.2 Å². The summed E-state index contributed by atoms with van der Waals surface area (Å²) in [5, 5.41) is 3.44. The summed E-state index contributed by atoms with van der Waals surface area (Å²) >= 11 is 1.62. The van der Waals surface area contributed by atoms with Gasteiger partial charge in [-0.3, -0.25) is 5.32 Å². The molecule has 1 fully saturated rings. The summed E-state index contributed by atoms with van der Waals surface area (Å²) in [6.07, 6.45) is 2.43. The van der Waals surface area contributed by atoms with Crippen LogP contribution < -0.4 is 5.32 Å². The van der Waals surface area contributed by atoms with Crippen LogP contribution in [0.2, 0.25) is 0 Å². The van der Waals surface area contributed by atoms with Gasteiger partial charge in [0, 0.05) is 18.2 Å². The lowest BCUT2D eigenvalue weighted by atomic mass is 10.2. The molecule has 0 amide bonds. The molecule has 1 aliphatic rings. The second kappa shape index (κ2) is 4.62. The summed E-state index contributed by atoms with van der Waals surface area (Å²) in [5.74, 6) is 0.227. The molecule has 0 bridgehead atoms. The van der Waals surface area contributed by atoms with E-state index in [2.05, 4.69) is 5.32 Å². The van der Waals surface area contributed by atoms with Crippen molar-refractivity contribution in [3.05, 3.63) is 0 Å². The third-order valence-electron chi connectivity index (χ3n) is 1.83. The summed E-state index contributed by atoms with van der Waals surface area (Å²) in [5.41, 5.74) is 0. The molecular formula is C8H13NO2S. The molecule has 0 saturated carbocycles. The largest absolute Gasteiger partial charge is 0.301 e. The number of Topliss-reactive ketones (excluding diaryl/α,β-unsaturated/α-hetero) is 1. The Morgan fingerprint density at radius 2 is 2.50 bits per heavy atom. The number of thioether (sulfide) groups is 1. The minimum absolute atomic E-state index is 0.0537. The Kier molecular flexibility index (Phi) is 3.75. The Hall–Kier alpha value is -0.350. The maximum atomic E-state index is 10.7. The highest BCUT2D eigenvalue weighted by Crippen LogP contribution is 2.24. The molecule has 0 aromatic rings. The molecule has 4 heteroatoms. The van der Waals surface area contributed by atoms with Crippen LogP contribution in [0.15, 0.2) is 0 Å². The summed E-state index contributed by atoms with van der Waals surface area (Å²) in [7, 11) is 0. The zero-order chi connectivity index (χ0) is 8.97. The van der Waals surface area contributed by atoms with Gasteiger partial charge in [-0.25, -0.2) is 0 Å². The number of rotatable bonds is 4. The van der Waals surface area contributed by atoms with Crippen molar-refractivity contribution in [1.82, 2.24) is 5.32 Å². The van der Waals surface area contributed by atoms with E-state index >= 15 is 0 Å². The molecule has 0 radical (unpaired) electrons. The summed E-state index contributed by atoms with van der Waals surface area (Å²) in [4.78, 5) is 21.0. The maximum Gasteiger partial charge on any atom is 0.147 e. The van der Waals surface area contributed by atoms with E-state index < -0.39 is 0 Å². The lowest BCUT2D eigenvalue weighted by molar-refractivity contribution is -0.117. The molecule has 1 rings (SSSR count). The Bertz CT molecular complexity index is 184. The van der Waals surface area contributed by atoms with Gasteiger partial charge in [0.2, 0.25) is 0 Å². The molecule has 2 unspecified atom stereocenters. The first-order valence-electron chi connectivity index (χ1n) is 4.06. The summed E-state index contributed by atoms with van der Waals surface area (Å²) < 4.78 is 0. The van der Waals surface area contributed by atoms with Crippen LogP contribution >= 0.6 is 11.8 Å². The standard InChI is InChI=1S/C8H13NO2S/c1-6(11)2-3-7-4-9-8(5-10)12-7/h5,7-9H,2-4H2,1H3. The van der Waals surface area contributed by atoms with Crippen molar-refractivity contribution >= 4 is 23.8 Å². The van der Waals surface area contributed by atoms with Crippen molar-refractivity contribution in [2.45, 2.75) is 30.4 Å². The molecule has 1 saturated heterocycles. The monoisotopic (exact) mass is 187 g/mol. The second-order valence-corrected chi connectivity index (χ2v) is 4.41. The fourth-order valence-corrected chi connectivity index (χ4v) is 2.28. The van der Waals surface area contributed by atoms with Crippen LogP contribution in [0.5, 0.6) is 0 Å². The third-order valence-corrected chi connectivity index (χ3v) is 3.19. The molecule has 0 aliphatic carbocycles. The average molecular weight is 187 g/mol. The molecule has 2 atom stereocenters. The molecule has 68 valence electrons. The minimum atomic E-state index is -0.0537. The highest BCUT2D eigenvalue weighted by molar-refractivity contribution is 8.01. The van der Waals surface area contributed by atoms with Crippen molar-refractivity contribution in [1.29, 1.82) is 0 Å². The Balaban J connectivity index is 2.19. The van der Waals surface area contributed by atoms with Crippen molar-refractivity contribution in [3.63, 3.8) is 0 Å². The fraction of sp³-hybridized carbons (Fsp3) is 0.750. The Labute approximate surface area is 76.3 Å². The SMILES string of the molecule is CC(=O)CCC1CNC(C=O)S1. The van der Waals surface area contributed by atoms with Gasteiger partial charge in [-0.1, -0.05) is 0 Å². The van der Waals surface area contributed by atoms with Gasteiger partial charge in [-0.2, -0.15) is 0 Å². The van der Waals surface area contributed by atoms with Crippen LogP contribution in [0.25, 0.3) is 0 Å². The average Bonchev–Trinajstić information content (AvgIpc) is 2.48. The van der Waals surface area contributed by atoms with E-state index in [4.69, 9.17) is 0 Å². The molecule has 0 spiro atoms. The number of carbonyl (C=O) groups excluding carboxylic acids is 2. The van der Waals surface area contributed by atoms with Gasteiger partial charge in [0.25, 0.3) is 0 Å². The minimum Gasteiger partial charge on any atom is -0.301 e. The quantitative estimate of drug-likeness (QED) is 0.654. The lowest BCUT2D eigenvalue weighted by Gasteiger charge is -2.04. The van der Waals surface area contributed by atoms with E-state index in [1.54, 1.807) is 18.7 Å². The number of hydrogen-bond acceptors (Lipinski definition) is 4. The first kappa shape index (κ1) is 9.74. The van der Waals surface area contributed by atoms with Gasteiger partial charge in [0.15, 0.2) is 0 Å². The van der Waals surface area contributed by atoms with Crippen molar-refractivity contribution in [2.24, 2.45) is 0 Å². The molecular weight excluding hydrogens is 174 g/mol. The van der Waals surface area contributed by atoms with Crippen LogP contribution in [0, 0.1) is 0 Å².